The minimum atomic E-state index is -0.956. The fourth-order valence-corrected chi connectivity index (χ4v) is 3.09. The molecule has 114 valence electrons. The molecule has 0 saturated carbocycles. The average Bonchev–Trinajstić information content (AvgIpc) is 2.35. The second-order valence-electron chi connectivity index (χ2n) is 6.21. The van der Waals surface area contributed by atoms with E-state index in [1.54, 1.807) is 0 Å². The van der Waals surface area contributed by atoms with Gasteiger partial charge in [-0.1, -0.05) is 0 Å². The van der Waals surface area contributed by atoms with Gasteiger partial charge in [0.1, 0.15) is 6.61 Å². The summed E-state index contributed by atoms with van der Waals surface area (Å²) >= 11 is 0. The maximum absolute atomic E-state index is 12.2. The Hall–Kier alpha value is -1.14. The molecule has 2 saturated heterocycles. The van der Waals surface area contributed by atoms with Crippen molar-refractivity contribution < 1.29 is 19.4 Å². The highest BCUT2D eigenvalue weighted by atomic mass is 16.5. The van der Waals surface area contributed by atoms with Crippen molar-refractivity contribution in [3.05, 3.63) is 0 Å². The Labute approximate surface area is 119 Å². The summed E-state index contributed by atoms with van der Waals surface area (Å²) in [6.07, 6.45) is 3.39. The predicted molar refractivity (Wildman–Crippen MR) is 73.5 cm³/mol. The lowest BCUT2D eigenvalue weighted by Crippen LogP contribution is -2.63. The minimum absolute atomic E-state index is 0.178. The van der Waals surface area contributed by atoms with E-state index in [4.69, 9.17) is 9.84 Å². The van der Waals surface area contributed by atoms with Crippen molar-refractivity contribution in [2.24, 2.45) is 0 Å². The number of carbonyl (C=O) groups excluding carboxylic acids is 1. The van der Waals surface area contributed by atoms with Crippen molar-refractivity contribution in [3.63, 3.8) is 0 Å². The van der Waals surface area contributed by atoms with Gasteiger partial charge in [0.05, 0.1) is 12.1 Å². The first kappa shape index (κ1) is 15.3. The summed E-state index contributed by atoms with van der Waals surface area (Å²) in [5.41, 5.74) is -0.424. The number of ether oxygens (including phenoxy) is 1. The molecule has 0 aromatic rings. The molecule has 2 rings (SSSR count). The van der Waals surface area contributed by atoms with Crippen LogP contribution in [0.5, 0.6) is 0 Å². The number of piperidine rings is 1. The van der Waals surface area contributed by atoms with Crippen molar-refractivity contribution in [1.82, 2.24) is 9.80 Å². The molecule has 1 N–H and O–H groups in total. The molecule has 2 aliphatic heterocycles. The van der Waals surface area contributed by atoms with E-state index < -0.39 is 11.6 Å². The van der Waals surface area contributed by atoms with E-state index in [0.717, 1.165) is 19.4 Å². The molecule has 0 aliphatic carbocycles. The third kappa shape index (κ3) is 3.70. The molecule has 0 bridgehead atoms. The van der Waals surface area contributed by atoms with Gasteiger partial charge in [0.15, 0.2) is 0 Å². The van der Waals surface area contributed by atoms with Crippen molar-refractivity contribution in [1.29, 1.82) is 0 Å². The molecule has 1 unspecified atom stereocenters. The van der Waals surface area contributed by atoms with Crippen LogP contribution in [0.4, 0.5) is 0 Å². The van der Waals surface area contributed by atoms with Crippen LogP contribution in [0.15, 0.2) is 0 Å². The van der Waals surface area contributed by atoms with E-state index in [0.29, 0.717) is 25.7 Å². The Kier molecular flexibility index (Phi) is 4.65. The zero-order chi connectivity index (χ0) is 14.8. The van der Waals surface area contributed by atoms with Gasteiger partial charge in [0.2, 0.25) is 5.91 Å². The SMILES string of the molecule is CC1CCCCN1C(=O)CN1CC(C)(OCC(=O)O)C1. The van der Waals surface area contributed by atoms with E-state index in [9.17, 15) is 9.59 Å². The molecule has 2 heterocycles. The predicted octanol–water partition coefficient (Wildman–Crippen LogP) is 0.563. The van der Waals surface area contributed by atoms with Crippen LogP contribution >= 0.6 is 0 Å². The van der Waals surface area contributed by atoms with Crippen LogP contribution in [0.25, 0.3) is 0 Å². The fourth-order valence-electron chi connectivity index (χ4n) is 3.09. The maximum Gasteiger partial charge on any atom is 0.329 e. The number of hydrogen-bond donors (Lipinski definition) is 1. The average molecular weight is 284 g/mol. The number of carbonyl (C=O) groups is 2. The van der Waals surface area contributed by atoms with Gasteiger partial charge >= 0.3 is 5.97 Å². The van der Waals surface area contributed by atoms with Crippen molar-refractivity contribution in [3.8, 4) is 0 Å². The van der Waals surface area contributed by atoms with Crippen LogP contribution in [0, 0.1) is 0 Å². The highest BCUT2D eigenvalue weighted by molar-refractivity contribution is 5.78. The van der Waals surface area contributed by atoms with E-state index in [1.165, 1.54) is 6.42 Å². The molecule has 0 aromatic carbocycles. The Morgan fingerprint density at radius 2 is 2.05 bits per heavy atom. The number of hydrogen-bond acceptors (Lipinski definition) is 4. The van der Waals surface area contributed by atoms with E-state index >= 15 is 0 Å². The highest BCUT2D eigenvalue weighted by Crippen LogP contribution is 2.25. The number of nitrogens with zero attached hydrogens (tertiary/aromatic N) is 2. The molecular weight excluding hydrogens is 260 g/mol. The van der Waals surface area contributed by atoms with Crippen molar-refractivity contribution in [2.75, 3.05) is 32.8 Å². The maximum atomic E-state index is 12.2. The molecule has 1 amide bonds. The molecule has 0 radical (unpaired) electrons. The number of carboxylic acids is 1. The van der Waals surface area contributed by atoms with Crippen LogP contribution in [0.3, 0.4) is 0 Å². The third-order valence-corrected chi connectivity index (χ3v) is 4.14. The summed E-state index contributed by atoms with van der Waals surface area (Å²) in [6, 6.07) is 0.340. The first-order valence-corrected chi connectivity index (χ1v) is 7.27. The van der Waals surface area contributed by atoms with Gasteiger partial charge in [-0.3, -0.25) is 9.69 Å². The van der Waals surface area contributed by atoms with Gasteiger partial charge in [-0.15, -0.1) is 0 Å². The van der Waals surface area contributed by atoms with Gasteiger partial charge in [-0.25, -0.2) is 4.79 Å². The first-order valence-electron chi connectivity index (χ1n) is 7.27. The zero-order valence-electron chi connectivity index (χ0n) is 12.3. The quantitative estimate of drug-likeness (QED) is 0.799. The van der Waals surface area contributed by atoms with Crippen LogP contribution < -0.4 is 0 Å². The van der Waals surface area contributed by atoms with E-state index in [-0.39, 0.29) is 12.5 Å². The van der Waals surface area contributed by atoms with Gasteiger partial charge in [0, 0.05) is 25.7 Å². The number of aliphatic carboxylic acids is 1. The second kappa shape index (κ2) is 6.10. The Morgan fingerprint density at radius 3 is 2.65 bits per heavy atom. The summed E-state index contributed by atoms with van der Waals surface area (Å²) in [5.74, 6) is -0.777. The Bertz CT molecular complexity index is 379. The molecule has 6 nitrogen and oxygen atoms in total. The molecule has 2 fully saturated rings. The van der Waals surface area contributed by atoms with Crippen LogP contribution in [-0.4, -0.2) is 71.2 Å². The molecule has 0 aromatic heterocycles. The van der Waals surface area contributed by atoms with Gasteiger partial charge in [-0.2, -0.15) is 0 Å². The zero-order valence-corrected chi connectivity index (χ0v) is 12.3. The van der Waals surface area contributed by atoms with Crippen LogP contribution in [-0.2, 0) is 14.3 Å². The fraction of sp³-hybridized carbons (Fsp3) is 0.857. The van der Waals surface area contributed by atoms with E-state index in [1.807, 2.05) is 16.7 Å². The standard InChI is InChI=1S/C14H24N2O4/c1-11-5-3-4-6-16(11)12(17)7-15-9-14(2,10-15)20-8-13(18)19/h11H,3-10H2,1-2H3,(H,18,19). The van der Waals surface area contributed by atoms with Crippen LogP contribution in [0.1, 0.15) is 33.1 Å². The van der Waals surface area contributed by atoms with Crippen molar-refractivity contribution in [2.45, 2.75) is 44.8 Å². The summed E-state index contributed by atoms with van der Waals surface area (Å²) in [6.45, 7) is 6.23. The lowest BCUT2D eigenvalue weighted by Gasteiger charge is -2.47. The summed E-state index contributed by atoms with van der Waals surface area (Å²) in [7, 11) is 0. The summed E-state index contributed by atoms with van der Waals surface area (Å²) in [5, 5.41) is 8.61. The third-order valence-electron chi connectivity index (χ3n) is 4.14. The highest BCUT2D eigenvalue weighted by Gasteiger charge is 2.41. The number of likely N-dealkylation sites (tertiary alicyclic amines) is 2. The molecule has 6 heteroatoms. The number of carboxylic acid groups (broad SMARTS) is 1. The topological polar surface area (TPSA) is 70.1 Å². The smallest absolute Gasteiger partial charge is 0.329 e. The largest absolute Gasteiger partial charge is 0.480 e. The Morgan fingerprint density at radius 1 is 1.35 bits per heavy atom. The lowest BCUT2D eigenvalue weighted by atomic mass is 9.96. The molecule has 2 aliphatic rings. The lowest BCUT2D eigenvalue weighted by molar-refractivity contribution is -0.168. The molecule has 1 atom stereocenters. The monoisotopic (exact) mass is 284 g/mol. The van der Waals surface area contributed by atoms with Gasteiger partial charge in [0.25, 0.3) is 0 Å². The van der Waals surface area contributed by atoms with E-state index in [2.05, 4.69) is 6.92 Å². The second-order valence-corrected chi connectivity index (χ2v) is 6.21. The van der Waals surface area contributed by atoms with Gasteiger partial charge in [-0.05, 0) is 33.1 Å². The number of amides is 1. The Balaban J connectivity index is 1.73. The van der Waals surface area contributed by atoms with Crippen LogP contribution in [0.2, 0.25) is 0 Å². The minimum Gasteiger partial charge on any atom is -0.480 e. The molecule has 0 spiro atoms. The number of rotatable bonds is 5. The summed E-state index contributed by atoms with van der Waals surface area (Å²) in [4.78, 5) is 26.7. The molecule has 20 heavy (non-hydrogen) atoms. The van der Waals surface area contributed by atoms with Crippen molar-refractivity contribution >= 4 is 11.9 Å². The molecular formula is C14H24N2O4. The van der Waals surface area contributed by atoms with Gasteiger partial charge < -0.3 is 14.7 Å². The summed E-state index contributed by atoms with van der Waals surface area (Å²) < 4.78 is 5.34. The first-order chi connectivity index (χ1) is 9.39. The normalized spacial score (nSPS) is 26.1.